The molecule has 0 radical (unpaired) electrons. The highest BCUT2D eigenvalue weighted by Gasteiger charge is 2.28. The number of hydrogen-bond donors (Lipinski definition) is 1. The standard InChI is InChI=1S/C26H29FN6O3S/c1-16(2)33-18(15-32(4)5)12-26(30-33)37(35,36)31-25(34)14-22-19-7-6-8-20(19)23(27)13-21(22)17-9-10-29-24(11-17)28-3/h9-13,16H,6-8,14-15H2,1-2,4-5H3,(H,31,34). The Morgan fingerprint density at radius 1 is 1.24 bits per heavy atom. The summed E-state index contributed by atoms with van der Waals surface area (Å²) in [5, 5.41) is 4.02. The summed E-state index contributed by atoms with van der Waals surface area (Å²) in [4.78, 5) is 22.3. The van der Waals surface area contributed by atoms with Gasteiger partial charge in [0, 0.05) is 18.7 Å². The Bertz CT molecular complexity index is 1510. The van der Waals surface area contributed by atoms with Crippen molar-refractivity contribution in [2.45, 2.75) is 57.1 Å². The molecule has 1 aliphatic rings. The Hall–Kier alpha value is -3.62. The van der Waals surface area contributed by atoms with Gasteiger partial charge in [-0.15, -0.1) is 4.98 Å². The summed E-state index contributed by atoms with van der Waals surface area (Å²) in [5.41, 5.74) is 3.54. The van der Waals surface area contributed by atoms with Crippen molar-refractivity contribution in [1.29, 1.82) is 0 Å². The average molecular weight is 525 g/mol. The Kier molecular flexibility index (Phi) is 7.43. The fraction of sp³-hybridized carbons (Fsp3) is 0.385. The molecule has 0 atom stereocenters. The van der Waals surface area contributed by atoms with Gasteiger partial charge in [0.2, 0.25) is 5.91 Å². The van der Waals surface area contributed by atoms with E-state index in [2.05, 4.69) is 19.6 Å². The lowest BCUT2D eigenvalue weighted by molar-refractivity contribution is -0.118. The lowest BCUT2D eigenvalue weighted by Gasteiger charge is -2.16. The number of amides is 1. The molecule has 0 fully saturated rings. The van der Waals surface area contributed by atoms with Gasteiger partial charge < -0.3 is 9.74 Å². The Morgan fingerprint density at radius 2 is 1.97 bits per heavy atom. The maximum atomic E-state index is 14.9. The first kappa shape index (κ1) is 26.4. The molecule has 194 valence electrons. The predicted octanol–water partition coefficient (Wildman–Crippen LogP) is 3.81. The van der Waals surface area contributed by atoms with Crippen LogP contribution in [0.3, 0.4) is 0 Å². The van der Waals surface area contributed by atoms with Crippen molar-refractivity contribution in [1.82, 2.24) is 24.4 Å². The van der Waals surface area contributed by atoms with Crippen molar-refractivity contribution >= 4 is 21.7 Å². The molecule has 3 aromatic rings. The van der Waals surface area contributed by atoms with Gasteiger partial charge in [-0.3, -0.25) is 9.48 Å². The van der Waals surface area contributed by atoms with Crippen LogP contribution in [0.1, 0.15) is 48.7 Å². The van der Waals surface area contributed by atoms with Crippen molar-refractivity contribution in [2.75, 3.05) is 14.1 Å². The third-order valence-electron chi connectivity index (χ3n) is 6.26. The van der Waals surface area contributed by atoms with Gasteiger partial charge in [-0.25, -0.2) is 9.11 Å². The van der Waals surface area contributed by atoms with Gasteiger partial charge in [0.25, 0.3) is 15.8 Å². The van der Waals surface area contributed by atoms with E-state index in [0.717, 1.165) is 12.0 Å². The van der Waals surface area contributed by atoms with Gasteiger partial charge >= 0.3 is 0 Å². The van der Waals surface area contributed by atoms with Crippen LogP contribution in [0.25, 0.3) is 16.0 Å². The number of carbonyl (C=O) groups is 1. The summed E-state index contributed by atoms with van der Waals surface area (Å²) in [6.45, 7) is 11.5. The van der Waals surface area contributed by atoms with Crippen LogP contribution in [-0.2, 0) is 40.6 Å². The quantitative estimate of drug-likeness (QED) is 0.450. The summed E-state index contributed by atoms with van der Waals surface area (Å²) < 4.78 is 44.9. The molecule has 11 heteroatoms. The van der Waals surface area contributed by atoms with E-state index in [1.165, 1.54) is 24.4 Å². The van der Waals surface area contributed by atoms with E-state index in [-0.39, 0.29) is 29.1 Å². The molecule has 9 nitrogen and oxygen atoms in total. The zero-order chi connectivity index (χ0) is 26.9. The molecular formula is C26H29FN6O3S. The van der Waals surface area contributed by atoms with Crippen LogP contribution >= 0.6 is 0 Å². The van der Waals surface area contributed by atoms with Crippen LogP contribution in [0.2, 0.25) is 0 Å². The summed E-state index contributed by atoms with van der Waals surface area (Å²) in [5.74, 6) is -0.964. The van der Waals surface area contributed by atoms with Crippen molar-refractivity contribution < 1.29 is 17.6 Å². The highest BCUT2D eigenvalue weighted by atomic mass is 32.2. The topological polar surface area (TPSA) is 102 Å². The van der Waals surface area contributed by atoms with E-state index in [9.17, 15) is 17.6 Å². The molecule has 1 N–H and O–H groups in total. The predicted molar refractivity (Wildman–Crippen MR) is 137 cm³/mol. The van der Waals surface area contributed by atoms with Crippen LogP contribution in [-0.4, -0.2) is 48.1 Å². The average Bonchev–Trinajstić information content (AvgIpc) is 3.48. The van der Waals surface area contributed by atoms with E-state index in [0.29, 0.717) is 47.3 Å². The lowest BCUT2D eigenvalue weighted by atomic mass is 9.91. The number of halogens is 1. The minimum Gasteiger partial charge on any atom is -0.361 e. The first-order valence-corrected chi connectivity index (χ1v) is 13.4. The van der Waals surface area contributed by atoms with E-state index in [4.69, 9.17) is 6.57 Å². The number of aromatic nitrogens is 3. The number of pyridine rings is 1. The summed E-state index contributed by atoms with van der Waals surface area (Å²) >= 11 is 0. The Balaban J connectivity index is 1.68. The highest BCUT2D eigenvalue weighted by Crippen LogP contribution is 2.36. The summed E-state index contributed by atoms with van der Waals surface area (Å²) in [7, 11) is -0.492. The molecular weight excluding hydrogens is 495 g/mol. The van der Waals surface area contributed by atoms with Gasteiger partial charge in [-0.1, -0.05) is 6.57 Å². The van der Waals surface area contributed by atoms with Crippen LogP contribution in [0.4, 0.5) is 10.2 Å². The van der Waals surface area contributed by atoms with Crippen molar-refractivity contribution in [3.05, 3.63) is 70.1 Å². The van der Waals surface area contributed by atoms with Crippen molar-refractivity contribution in [3.63, 3.8) is 0 Å². The van der Waals surface area contributed by atoms with E-state index in [1.807, 2.05) is 32.8 Å². The molecule has 0 saturated carbocycles. The smallest absolute Gasteiger partial charge is 0.283 e. The summed E-state index contributed by atoms with van der Waals surface area (Å²) in [6.07, 6.45) is 3.08. The Morgan fingerprint density at radius 3 is 2.65 bits per heavy atom. The fourth-order valence-electron chi connectivity index (χ4n) is 4.74. The molecule has 1 amide bonds. The normalized spacial score (nSPS) is 13.1. The number of fused-ring (bicyclic) bond motifs is 1. The number of nitrogens with one attached hydrogen (secondary N) is 1. The maximum Gasteiger partial charge on any atom is 0.283 e. The number of carbonyl (C=O) groups excluding carboxylic acids is 1. The molecule has 1 aromatic carbocycles. The SMILES string of the molecule is [C-]#[N+]c1cc(-c2cc(F)c3c(c2CC(=O)NS(=O)(=O)c2cc(CN(C)C)n(C(C)C)n2)CCC3)ccn1. The molecule has 0 spiro atoms. The van der Waals surface area contributed by atoms with E-state index >= 15 is 0 Å². The number of sulfonamides is 1. The van der Waals surface area contributed by atoms with Gasteiger partial charge in [0.1, 0.15) is 12.0 Å². The first-order chi connectivity index (χ1) is 17.5. The zero-order valence-corrected chi connectivity index (χ0v) is 22.1. The van der Waals surface area contributed by atoms with Gasteiger partial charge in [-0.05, 0) is 93.2 Å². The first-order valence-electron chi connectivity index (χ1n) is 12.0. The molecule has 0 bridgehead atoms. The number of hydrogen-bond acceptors (Lipinski definition) is 6. The van der Waals surface area contributed by atoms with Crippen LogP contribution in [0, 0.1) is 12.4 Å². The molecule has 0 aliphatic heterocycles. The number of nitrogens with zero attached hydrogens (tertiary/aromatic N) is 5. The van der Waals surface area contributed by atoms with E-state index in [1.54, 1.807) is 10.7 Å². The second kappa shape index (κ2) is 10.4. The van der Waals surface area contributed by atoms with Gasteiger partial charge in [0.15, 0.2) is 5.03 Å². The fourth-order valence-corrected chi connectivity index (χ4v) is 5.70. The molecule has 0 unspecified atom stereocenters. The maximum absolute atomic E-state index is 14.9. The zero-order valence-electron chi connectivity index (χ0n) is 21.2. The minimum atomic E-state index is -4.23. The molecule has 37 heavy (non-hydrogen) atoms. The number of benzene rings is 1. The summed E-state index contributed by atoms with van der Waals surface area (Å²) in [6, 6.07) is 5.95. The van der Waals surface area contributed by atoms with E-state index < -0.39 is 15.9 Å². The second-order valence-electron chi connectivity index (χ2n) is 9.67. The Labute approximate surface area is 216 Å². The van der Waals surface area contributed by atoms with Crippen LogP contribution < -0.4 is 4.72 Å². The largest absolute Gasteiger partial charge is 0.361 e. The molecule has 2 aromatic heterocycles. The highest BCUT2D eigenvalue weighted by molar-refractivity contribution is 7.90. The second-order valence-corrected chi connectivity index (χ2v) is 11.3. The monoisotopic (exact) mass is 524 g/mol. The molecule has 1 aliphatic carbocycles. The van der Waals surface area contributed by atoms with Crippen molar-refractivity contribution in [3.8, 4) is 11.1 Å². The van der Waals surface area contributed by atoms with Crippen LogP contribution in [0.5, 0.6) is 0 Å². The van der Waals surface area contributed by atoms with Crippen molar-refractivity contribution in [2.24, 2.45) is 0 Å². The molecule has 4 rings (SSSR count). The molecule has 0 saturated heterocycles. The number of rotatable bonds is 8. The van der Waals surface area contributed by atoms with Gasteiger partial charge in [-0.2, -0.15) is 13.5 Å². The van der Waals surface area contributed by atoms with Gasteiger partial charge in [0.05, 0.1) is 12.1 Å². The third-order valence-corrected chi connectivity index (χ3v) is 7.50. The minimum absolute atomic E-state index is 0.0697. The molecule has 2 heterocycles. The van der Waals surface area contributed by atoms with Crippen LogP contribution in [0.15, 0.2) is 35.5 Å². The lowest BCUT2D eigenvalue weighted by Crippen LogP contribution is -2.32. The third kappa shape index (κ3) is 5.55.